The molecule has 17 heavy (non-hydrogen) atoms. The van der Waals surface area contributed by atoms with Gasteiger partial charge in [-0.15, -0.1) is 0 Å². The van der Waals surface area contributed by atoms with Crippen molar-refractivity contribution in [3.05, 3.63) is 58.4 Å². The third-order valence-corrected chi connectivity index (χ3v) is 3.62. The molecule has 1 N–H and O–H groups in total. The predicted octanol–water partition coefficient (Wildman–Crippen LogP) is 3.58. The van der Waals surface area contributed by atoms with Gasteiger partial charge in [0.25, 0.3) is 0 Å². The summed E-state index contributed by atoms with van der Waals surface area (Å²) >= 11 is 5.87. The third kappa shape index (κ3) is 1.89. The van der Waals surface area contributed by atoms with Crippen LogP contribution in [0.15, 0.2) is 36.7 Å². The minimum Gasteiger partial charge on any atom is -0.367 e. The summed E-state index contributed by atoms with van der Waals surface area (Å²) in [4.78, 5) is 15.0. The van der Waals surface area contributed by atoms with Crippen molar-refractivity contribution in [3.8, 4) is 0 Å². The second kappa shape index (κ2) is 4.04. The molecule has 3 rings (SSSR count). The molecule has 86 valence electrons. The molecular formula is C14H12ClNO. The second-order valence-corrected chi connectivity index (χ2v) is 4.91. The number of hydrogen-bond acceptors (Lipinski definition) is 1. The first-order chi connectivity index (χ1) is 8.24. The van der Waals surface area contributed by atoms with Gasteiger partial charge >= 0.3 is 0 Å². The minimum atomic E-state index is 0.229. The van der Waals surface area contributed by atoms with Gasteiger partial charge in [-0.1, -0.05) is 23.7 Å². The summed E-state index contributed by atoms with van der Waals surface area (Å²) in [5.41, 5.74) is 3.17. The number of halogens is 1. The fourth-order valence-electron chi connectivity index (χ4n) is 2.47. The van der Waals surface area contributed by atoms with Crippen LogP contribution in [0.2, 0.25) is 5.02 Å². The quantitative estimate of drug-likeness (QED) is 0.818. The van der Waals surface area contributed by atoms with Crippen LogP contribution in [0.3, 0.4) is 0 Å². The maximum atomic E-state index is 12.0. The standard InChI is InChI=1S/C14H12ClNO/c15-12-3-1-9(2-4-12)10-5-11-7-16-8-13(11)14(17)6-10/h1-4,7-8,10,16H,5-6H2. The van der Waals surface area contributed by atoms with Crippen LogP contribution < -0.4 is 0 Å². The van der Waals surface area contributed by atoms with Crippen molar-refractivity contribution in [1.82, 2.24) is 4.98 Å². The number of H-pyrrole nitrogens is 1. The summed E-state index contributed by atoms with van der Waals surface area (Å²) in [6.45, 7) is 0. The Kier molecular flexibility index (Phi) is 2.52. The van der Waals surface area contributed by atoms with Crippen LogP contribution in [0.25, 0.3) is 0 Å². The lowest BCUT2D eigenvalue weighted by atomic mass is 9.81. The molecule has 1 atom stereocenters. The van der Waals surface area contributed by atoms with Gasteiger partial charge in [0.1, 0.15) is 0 Å². The molecule has 0 saturated heterocycles. The summed E-state index contributed by atoms with van der Waals surface area (Å²) in [6.07, 6.45) is 5.24. The lowest BCUT2D eigenvalue weighted by Crippen LogP contribution is -2.17. The highest BCUT2D eigenvalue weighted by Gasteiger charge is 2.26. The first kappa shape index (κ1) is 10.6. The largest absolute Gasteiger partial charge is 0.367 e. The van der Waals surface area contributed by atoms with E-state index in [0.29, 0.717) is 6.42 Å². The van der Waals surface area contributed by atoms with E-state index in [4.69, 9.17) is 11.6 Å². The van der Waals surface area contributed by atoms with Crippen LogP contribution in [0.1, 0.15) is 33.8 Å². The van der Waals surface area contributed by atoms with Crippen molar-refractivity contribution in [1.29, 1.82) is 0 Å². The Morgan fingerprint density at radius 2 is 1.88 bits per heavy atom. The number of fused-ring (bicyclic) bond motifs is 1. The lowest BCUT2D eigenvalue weighted by Gasteiger charge is -2.21. The number of aromatic nitrogens is 1. The van der Waals surface area contributed by atoms with Gasteiger partial charge < -0.3 is 4.98 Å². The molecule has 3 heteroatoms. The summed E-state index contributed by atoms with van der Waals surface area (Å²) in [5, 5.41) is 0.734. The van der Waals surface area contributed by atoms with Crippen molar-refractivity contribution in [2.24, 2.45) is 0 Å². The Bertz CT molecular complexity index is 556. The van der Waals surface area contributed by atoms with E-state index in [1.165, 1.54) is 5.56 Å². The summed E-state index contributed by atoms with van der Waals surface area (Å²) in [5.74, 6) is 0.510. The Morgan fingerprint density at radius 3 is 2.65 bits per heavy atom. The van der Waals surface area contributed by atoms with Gasteiger partial charge in [-0.3, -0.25) is 4.79 Å². The Hall–Kier alpha value is -1.54. The fourth-order valence-corrected chi connectivity index (χ4v) is 2.59. The van der Waals surface area contributed by atoms with E-state index in [1.54, 1.807) is 6.20 Å². The van der Waals surface area contributed by atoms with Gasteiger partial charge in [-0.25, -0.2) is 0 Å². The van der Waals surface area contributed by atoms with Crippen LogP contribution in [-0.2, 0) is 6.42 Å². The molecule has 0 aliphatic heterocycles. The molecule has 1 heterocycles. The molecule has 0 spiro atoms. The number of ketones is 1. The van der Waals surface area contributed by atoms with Crippen LogP contribution >= 0.6 is 11.6 Å². The van der Waals surface area contributed by atoms with E-state index in [9.17, 15) is 4.79 Å². The molecule has 0 fully saturated rings. The zero-order valence-electron chi connectivity index (χ0n) is 9.24. The number of carbonyl (C=O) groups is 1. The van der Waals surface area contributed by atoms with Gasteiger partial charge in [-0.2, -0.15) is 0 Å². The van der Waals surface area contributed by atoms with Gasteiger partial charge in [0.05, 0.1) is 0 Å². The van der Waals surface area contributed by atoms with Gasteiger partial charge in [0.15, 0.2) is 5.78 Å². The highest BCUT2D eigenvalue weighted by atomic mass is 35.5. The van der Waals surface area contributed by atoms with Crippen LogP contribution in [0.4, 0.5) is 0 Å². The van der Waals surface area contributed by atoms with E-state index in [0.717, 1.165) is 22.6 Å². The van der Waals surface area contributed by atoms with Gasteiger partial charge in [0.2, 0.25) is 0 Å². The third-order valence-electron chi connectivity index (χ3n) is 3.37. The molecule has 0 amide bonds. The molecular weight excluding hydrogens is 234 g/mol. The smallest absolute Gasteiger partial charge is 0.165 e. The number of benzene rings is 1. The summed E-state index contributed by atoms with van der Waals surface area (Å²) in [6, 6.07) is 7.79. The number of aromatic amines is 1. The second-order valence-electron chi connectivity index (χ2n) is 4.47. The predicted molar refractivity (Wildman–Crippen MR) is 67.6 cm³/mol. The molecule has 1 aliphatic carbocycles. The molecule has 2 aromatic rings. The van der Waals surface area contributed by atoms with E-state index in [1.807, 2.05) is 30.5 Å². The summed E-state index contributed by atoms with van der Waals surface area (Å²) in [7, 11) is 0. The van der Waals surface area contributed by atoms with Gasteiger partial charge in [-0.05, 0) is 35.6 Å². The number of Topliss-reactive ketones (excluding diaryl/α,β-unsaturated/α-hetero) is 1. The van der Waals surface area contributed by atoms with Crippen molar-refractivity contribution >= 4 is 17.4 Å². The molecule has 1 aliphatic rings. The maximum Gasteiger partial charge on any atom is 0.165 e. The SMILES string of the molecule is O=C1CC(c2ccc(Cl)cc2)Cc2c[nH]cc21. The van der Waals surface area contributed by atoms with Crippen LogP contribution in [-0.4, -0.2) is 10.8 Å². The monoisotopic (exact) mass is 245 g/mol. The van der Waals surface area contributed by atoms with E-state index in [-0.39, 0.29) is 11.7 Å². The normalized spacial score (nSPS) is 19.1. The molecule has 0 radical (unpaired) electrons. The number of nitrogens with one attached hydrogen (secondary N) is 1. The average molecular weight is 246 g/mol. The molecule has 1 aromatic heterocycles. The van der Waals surface area contributed by atoms with Crippen LogP contribution in [0.5, 0.6) is 0 Å². The van der Waals surface area contributed by atoms with Crippen LogP contribution in [0, 0.1) is 0 Å². The Labute approximate surface area is 105 Å². The minimum absolute atomic E-state index is 0.229. The van der Waals surface area contributed by atoms with E-state index in [2.05, 4.69) is 4.98 Å². The number of rotatable bonds is 1. The highest BCUT2D eigenvalue weighted by Crippen LogP contribution is 2.32. The van der Waals surface area contributed by atoms with Crippen molar-refractivity contribution in [2.75, 3.05) is 0 Å². The zero-order valence-corrected chi connectivity index (χ0v) is 10.00. The Balaban J connectivity index is 1.93. The molecule has 1 aromatic carbocycles. The van der Waals surface area contributed by atoms with Crippen molar-refractivity contribution in [2.45, 2.75) is 18.8 Å². The molecule has 0 bridgehead atoms. The highest BCUT2D eigenvalue weighted by molar-refractivity contribution is 6.30. The average Bonchev–Trinajstić information content (AvgIpc) is 2.78. The zero-order chi connectivity index (χ0) is 11.8. The van der Waals surface area contributed by atoms with Crippen molar-refractivity contribution < 1.29 is 4.79 Å². The fraction of sp³-hybridized carbons (Fsp3) is 0.214. The maximum absolute atomic E-state index is 12.0. The molecule has 2 nitrogen and oxygen atoms in total. The van der Waals surface area contributed by atoms with E-state index < -0.39 is 0 Å². The topological polar surface area (TPSA) is 32.9 Å². The lowest BCUT2D eigenvalue weighted by molar-refractivity contribution is 0.0965. The van der Waals surface area contributed by atoms with Crippen molar-refractivity contribution in [3.63, 3.8) is 0 Å². The first-order valence-corrected chi connectivity index (χ1v) is 6.06. The van der Waals surface area contributed by atoms with E-state index >= 15 is 0 Å². The number of hydrogen-bond donors (Lipinski definition) is 1. The molecule has 0 saturated carbocycles. The molecule has 1 unspecified atom stereocenters. The Morgan fingerprint density at radius 1 is 1.12 bits per heavy atom. The number of carbonyl (C=O) groups excluding carboxylic acids is 1. The first-order valence-electron chi connectivity index (χ1n) is 5.68. The summed E-state index contributed by atoms with van der Waals surface area (Å²) < 4.78 is 0. The van der Waals surface area contributed by atoms with Gasteiger partial charge in [0, 0.05) is 29.4 Å².